The maximum Gasteiger partial charge on any atom is 0.389 e. The SMILES string of the molecule is O=C(CCCC(F)(F)F)c1csc2ccccc12. The fourth-order valence-electron chi connectivity index (χ4n) is 1.78. The zero-order chi connectivity index (χ0) is 13.2. The third-order valence-corrected chi connectivity index (χ3v) is 3.61. The molecule has 2 rings (SSSR count). The third-order valence-electron chi connectivity index (χ3n) is 2.65. The molecule has 1 nitrogen and oxygen atoms in total. The number of fused-ring (bicyclic) bond motifs is 1. The smallest absolute Gasteiger partial charge is 0.294 e. The summed E-state index contributed by atoms with van der Waals surface area (Å²) < 4.78 is 37.0. The molecular formula is C13H11F3OS. The molecule has 1 aromatic carbocycles. The normalized spacial score (nSPS) is 11.9. The van der Waals surface area contributed by atoms with Crippen molar-refractivity contribution in [1.82, 2.24) is 0 Å². The Morgan fingerprint density at radius 2 is 1.94 bits per heavy atom. The molecule has 0 unspecified atom stereocenters. The van der Waals surface area contributed by atoms with E-state index in [4.69, 9.17) is 0 Å². The van der Waals surface area contributed by atoms with Gasteiger partial charge in [-0.2, -0.15) is 13.2 Å². The summed E-state index contributed by atoms with van der Waals surface area (Å²) in [6.45, 7) is 0. The Kier molecular flexibility index (Phi) is 3.71. The molecule has 1 aromatic heterocycles. The second kappa shape index (κ2) is 5.10. The molecule has 5 heteroatoms. The van der Waals surface area contributed by atoms with E-state index in [0.29, 0.717) is 5.56 Å². The first-order chi connectivity index (χ1) is 8.47. The summed E-state index contributed by atoms with van der Waals surface area (Å²) in [5, 5.41) is 2.56. The molecule has 0 aliphatic rings. The van der Waals surface area contributed by atoms with Gasteiger partial charge in [0.15, 0.2) is 5.78 Å². The summed E-state index contributed by atoms with van der Waals surface area (Å²) in [4.78, 5) is 11.8. The van der Waals surface area contributed by atoms with Crippen LogP contribution in [0.25, 0.3) is 10.1 Å². The van der Waals surface area contributed by atoms with Gasteiger partial charge in [0.05, 0.1) is 0 Å². The quantitative estimate of drug-likeness (QED) is 0.729. The van der Waals surface area contributed by atoms with Crippen molar-refractivity contribution in [1.29, 1.82) is 0 Å². The second-order valence-electron chi connectivity index (χ2n) is 4.04. The summed E-state index contributed by atoms with van der Waals surface area (Å²) in [6, 6.07) is 7.41. The molecular weight excluding hydrogens is 261 g/mol. The molecule has 0 aliphatic heterocycles. The maximum atomic E-state index is 12.0. The van der Waals surface area contributed by atoms with Gasteiger partial charge in [0.2, 0.25) is 0 Å². The zero-order valence-electron chi connectivity index (χ0n) is 9.46. The van der Waals surface area contributed by atoms with Crippen molar-refractivity contribution in [2.45, 2.75) is 25.4 Å². The molecule has 0 fully saturated rings. The Morgan fingerprint density at radius 3 is 2.67 bits per heavy atom. The monoisotopic (exact) mass is 272 g/mol. The number of Topliss-reactive ketones (excluding diaryl/α,β-unsaturated/α-hetero) is 1. The Bertz CT molecular complexity index is 557. The third kappa shape index (κ3) is 3.10. The lowest BCUT2D eigenvalue weighted by Gasteiger charge is -2.04. The van der Waals surface area contributed by atoms with Gasteiger partial charge in [-0.15, -0.1) is 11.3 Å². The van der Waals surface area contributed by atoms with Gasteiger partial charge >= 0.3 is 6.18 Å². The second-order valence-corrected chi connectivity index (χ2v) is 4.95. The summed E-state index contributed by atoms with van der Waals surface area (Å²) in [5.41, 5.74) is 0.540. The Morgan fingerprint density at radius 1 is 1.22 bits per heavy atom. The molecule has 0 radical (unpaired) electrons. The number of rotatable bonds is 4. The summed E-state index contributed by atoms with van der Waals surface area (Å²) >= 11 is 1.44. The van der Waals surface area contributed by atoms with E-state index in [-0.39, 0.29) is 18.6 Å². The highest BCUT2D eigenvalue weighted by molar-refractivity contribution is 7.17. The fourth-order valence-corrected chi connectivity index (χ4v) is 2.74. The number of benzene rings is 1. The minimum atomic E-state index is -4.18. The summed E-state index contributed by atoms with van der Waals surface area (Å²) in [7, 11) is 0. The summed E-state index contributed by atoms with van der Waals surface area (Å²) in [6.07, 6.45) is -5.29. The zero-order valence-corrected chi connectivity index (χ0v) is 10.3. The van der Waals surface area contributed by atoms with Crippen molar-refractivity contribution in [2.75, 3.05) is 0 Å². The predicted molar refractivity (Wildman–Crippen MR) is 66.1 cm³/mol. The van der Waals surface area contributed by atoms with Crippen LogP contribution in [0.5, 0.6) is 0 Å². The minimum absolute atomic E-state index is 0.0553. The maximum absolute atomic E-state index is 12.0. The molecule has 0 N–H and O–H groups in total. The van der Waals surface area contributed by atoms with Gasteiger partial charge in [-0.05, 0) is 12.5 Å². The van der Waals surface area contributed by atoms with E-state index >= 15 is 0 Å². The van der Waals surface area contributed by atoms with Crippen LogP contribution in [-0.4, -0.2) is 12.0 Å². The number of thiophene rings is 1. The molecule has 2 aromatic rings. The first-order valence-electron chi connectivity index (χ1n) is 5.53. The highest BCUT2D eigenvalue weighted by atomic mass is 32.1. The topological polar surface area (TPSA) is 17.1 Å². The molecule has 0 amide bonds. The van der Waals surface area contributed by atoms with Crippen LogP contribution in [0, 0.1) is 0 Å². The molecule has 0 saturated carbocycles. The van der Waals surface area contributed by atoms with Gasteiger partial charge < -0.3 is 0 Å². The fraction of sp³-hybridized carbons (Fsp3) is 0.308. The van der Waals surface area contributed by atoms with Gasteiger partial charge in [-0.3, -0.25) is 4.79 Å². The molecule has 0 bridgehead atoms. The number of hydrogen-bond acceptors (Lipinski definition) is 2. The molecule has 0 atom stereocenters. The molecule has 0 spiro atoms. The van der Waals surface area contributed by atoms with E-state index in [9.17, 15) is 18.0 Å². The lowest BCUT2D eigenvalue weighted by atomic mass is 10.0. The average Bonchev–Trinajstić information content (AvgIpc) is 2.70. The molecule has 96 valence electrons. The van der Waals surface area contributed by atoms with Crippen LogP contribution in [0.15, 0.2) is 29.6 Å². The van der Waals surface area contributed by atoms with Crippen LogP contribution >= 0.6 is 11.3 Å². The van der Waals surface area contributed by atoms with Crippen molar-refractivity contribution < 1.29 is 18.0 Å². The number of alkyl halides is 3. The van der Waals surface area contributed by atoms with Gasteiger partial charge in [-0.25, -0.2) is 0 Å². The molecule has 0 saturated heterocycles. The van der Waals surface area contributed by atoms with Crippen molar-refractivity contribution in [3.8, 4) is 0 Å². The van der Waals surface area contributed by atoms with Gasteiger partial charge in [0.1, 0.15) is 0 Å². The van der Waals surface area contributed by atoms with Crippen molar-refractivity contribution in [2.24, 2.45) is 0 Å². The van der Waals surface area contributed by atoms with Crippen molar-refractivity contribution >= 4 is 27.2 Å². The van der Waals surface area contributed by atoms with Crippen molar-refractivity contribution in [3.05, 3.63) is 35.2 Å². The minimum Gasteiger partial charge on any atom is -0.294 e. The largest absolute Gasteiger partial charge is 0.389 e. The van der Waals surface area contributed by atoms with E-state index in [2.05, 4.69) is 0 Å². The van der Waals surface area contributed by atoms with E-state index in [1.165, 1.54) is 11.3 Å². The Hall–Kier alpha value is -1.36. The average molecular weight is 272 g/mol. The molecule has 1 heterocycles. The highest BCUT2D eigenvalue weighted by Crippen LogP contribution is 2.28. The number of carbonyl (C=O) groups is 1. The first-order valence-corrected chi connectivity index (χ1v) is 6.41. The number of hydrogen-bond donors (Lipinski definition) is 0. The number of carbonyl (C=O) groups excluding carboxylic acids is 1. The lowest BCUT2D eigenvalue weighted by molar-refractivity contribution is -0.135. The van der Waals surface area contributed by atoms with E-state index in [1.807, 2.05) is 24.3 Å². The first kappa shape index (κ1) is 13.1. The van der Waals surface area contributed by atoms with E-state index in [0.717, 1.165) is 10.1 Å². The Labute approximate surface area is 106 Å². The predicted octanol–water partition coefficient (Wildman–Crippen LogP) is 4.82. The van der Waals surface area contributed by atoms with E-state index in [1.54, 1.807) is 5.38 Å². The van der Waals surface area contributed by atoms with Gasteiger partial charge in [0, 0.05) is 33.9 Å². The van der Waals surface area contributed by atoms with Crippen LogP contribution < -0.4 is 0 Å². The Balaban J connectivity index is 2.05. The summed E-state index contributed by atoms with van der Waals surface area (Å²) in [5.74, 6) is -0.211. The molecule has 18 heavy (non-hydrogen) atoms. The van der Waals surface area contributed by atoms with Crippen LogP contribution in [0.1, 0.15) is 29.6 Å². The lowest BCUT2D eigenvalue weighted by Crippen LogP contribution is -2.08. The van der Waals surface area contributed by atoms with Crippen molar-refractivity contribution in [3.63, 3.8) is 0 Å². The van der Waals surface area contributed by atoms with Crippen LogP contribution in [0.2, 0.25) is 0 Å². The van der Waals surface area contributed by atoms with Gasteiger partial charge in [-0.1, -0.05) is 18.2 Å². The van der Waals surface area contributed by atoms with E-state index < -0.39 is 12.6 Å². The highest BCUT2D eigenvalue weighted by Gasteiger charge is 2.26. The van der Waals surface area contributed by atoms with Crippen LogP contribution in [0.4, 0.5) is 13.2 Å². The molecule has 0 aliphatic carbocycles. The van der Waals surface area contributed by atoms with Crippen LogP contribution in [-0.2, 0) is 0 Å². The van der Waals surface area contributed by atoms with Gasteiger partial charge in [0.25, 0.3) is 0 Å². The standard InChI is InChI=1S/C13H11F3OS/c14-13(15,16)7-3-5-11(17)10-8-18-12-6-2-1-4-9(10)12/h1-2,4,6,8H,3,5,7H2. The number of halogens is 3. The van der Waals surface area contributed by atoms with Crippen LogP contribution in [0.3, 0.4) is 0 Å². The number of ketones is 1.